The molecule has 0 aliphatic rings. The normalized spacial score (nSPS) is 10.1. The summed E-state index contributed by atoms with van der Waals surface area (Å²) in [7, 11) is 0. The molecule has 1 aromatic carbocycles. The maximum absolute atomic E-state index is 11.7. The van der Waals surface area contributed by atoms with Crippen LogP contribution < -0.4 is 5.32 Å². The smallest absolute Gasteiger partial charge is 0.335 e. The molecular formula is C11H9N3O4. The molecule has 2 N–H and O–H groups in total. The second-order valence-corrected chi connectivity index (χ2v) is 3.46. The highest BCUT2D eigenvalue weighted by molar-refractivity contribution is 6.03. The second-order valence-electron chi connectivity index (χ2n) is 3.46. The van der Waals surface area contributed by atoms with Crippen molar-refractivity contribution < 1.29 is 19.1 Å². The Labute approximate surface area is 101 Å². The van der Waals surface area contributed by atoms with Gasteiger partial charge in [0.05, 0.1) is 5.56 Å². The van der Waals surface area contributed by atoms with Gasteiger partial charge in [-0.1, -0.05) is 5.10 Å². The molecule has 0 aliphatic carbocycles. The maximum atomic E-state index is 11.7. The van der Waals surface area contributed by atoms with Crippen molar-refractivity contribution in [3.63, 3.8) is 0 Å². The fraction of sp³-hybridized carbons (Fsp3) is 0.0909. The molecule has 92 valence electrons. The first-order chi connectivity index (χ1) is 8.56. The highest BCUT2D eigenvalue weighted by atomic mass is 16.4. The van der Waals surface area contributed by atoms with Crippen LogP contribution in [-0.2, 0) is 0 Å². The first-order valence-electron chi connectivity index (χ1n) is 5.01. The average molecular weight is 247 g/mol. The SMILES string of the molecule is Cc1nnc(NC(=O)c2ccc(C(=O)O)cc2)o1. The van der Waals surface area contributed by atoms with E-state index in [9.17, 15) is 9.59 Å². The molecule has 0 unspecified atom stereocenters. The third-order valence-electron chi connectivity index (χ3n) is 2.14. The third-order valence-corrected chi connectivity index (χ3v) is 2.14. The van der Waals surface area contributed by atoms with Crippen molar-refractivity contribution in [1.82, 2.24) is 10.2 Å². The molecular weight excluding hydrogens is 238 g/mol. The number of aromatic carboxylic acids is 1. The summed E-state index contributed by atoms with van der Waals surface area (Å²) in [5.74, 6) is -1.16. The summed E-state index contributed by atoms with van der Waals surface area (Å²) < 4.78 is 4.99. The Morgan fingerprint density at radius 2 is 1.78 bits per heavy atom. The number of hydrogen-bond donors (Lipinski definition) is 2. The summed E-state index contributed by atoms with van der Waals surface area (Å²) in [6, 6.07) is 5.50. The number of aromatic nitrogens is 2. The fourth-order valence-electron chi connectivity index (χ4n) is 1.28. The molecule has 0 saturated carbocycles. The van der Waals surface area contributed by atoms with Crippen LogP contribution in [0.4, 0.5) is 6.01 Å². The van der Waals surface area contributed by atoms with E-state index in [-0.39, 0.29) is 11.6 Å². The lowest BCUT2D eigenvalue weighted by molar-refractivity contribution is 0.0696. The highest BCUT2D eigenvalue weighted by Gasteiger charge is 2.11. The number of carboxylic acids is 1. The van der Waals surface area contributed by atoms with Crippen LogP contribution in [0.15, 0.2) is 28.7 Å². The molecule has 7 nitrogen and oxygen atoms in total. The molecule has 0 saturated heterocycles. The largest absolute Gasteiger partial charge is 0.478 e. The van der Waals surface area contributed by atoms with Gasteiger partial charge in [0, 0.05) is 12.5 Å². The molecule has 2 rings (SSSR count). The van der Waals surface area contributed by atoms with E-state index in [0.717, 1.165) is 0 Å². The van der Waals surface area contributed by atoms with Gasteiger partial charge in [-0.15, -0.1) is 5.10 Å². The summed E-state index contributed by atoms with van der Waals surface area (Å²) >= 11 is 0. The Balaban J connectivity index is 2.11. The summed E-state index contributed by atoms with van der Waals surface area (Å²) in [4.78, 5) is 22.4. The third kappa shape index (κ3) is 2.51. The lowest BCUT2D eigenvalue weighted by Crippen LogP contribution is -2.12. The van der Waals surface area contributed by atoms with Gasteiger partial charge in [0.25, 0.3) is 5.91 Å². The summed E-state index contributed by atoms with van der Waals surface area (Å²) in [6.07, 6.45) is 0. The van der Waals surface area contributed by atoms with Crippen LogP contribution >= 0.6 is 0 Å². The zero-order chi connectivity index (χ0) is 13.1. The number of nitrogens with one attached hydrogen (secondary N) is 1. The lowest BCUT2D eigenvalue weighted by atomic mass is 10.1. The van der Waals surface area contributed by atoms with Crippen molar-refractivity contribution >= 4 is 17.9 Å². The van der Waals surface area contributed by atoms with Gasteiger partial charge in [-0.2, -0.15) is 0 Å². The van der Waals surface area contributed by atoms with Gasteiger partial charge in [-0.05, 0) is 24.3 Å². The standard InChI is InChI=1S/C11H9N3O4/c1-6-13-14-11(18-6)12-9(15)7-2-4-8(5-3-7)10(16)17/h2-5H,1H3,(H,16,17)(H,12,14,15). The van der Waals surface area contributed by atoms with Gasteiger partial charge in [-0.3, -0.25) is 10.1 Å². The Morgan fingerprint density at radius 1 is 1.17 bits per heavy atom. The van der Waals surface area contributed by atoms with Crippen LogP contribution in [0.3, 0.4) is 0 Å². The second kappa shape index (κ2) is 4.66. The monoisotopic (exact) mass is 247 g/mol. The van der Waals surface area contributed by atoms with E-state index in [1.807, 2.05) is 0 Å². The Kier molecular flexibility index (Phi) is 3.05. The Hall–Kier alpha value is -2.70. The zero-order valence-corrected chi connectivity index (χ0v) is 9.38. The number of nitrogens with zero attached hydrogens (tertiary/aromatic N) is 2. The average Bonchev–Trinajstić information content (AvgIpc) is 2.75. The van der Waals surface area contributed by atoms with E-state index in [0.29, 0.717) is 11.5 Å². The minimum atomic E-state index is -1.05. The van der Waals surface area contributed by atoms with E-state index in [2.05, 4.69) is 15.5 Å². The number of rotatable bonds is 3. The summed E-state index contributed by atoms with van der Waals surface area (Å²) in [6.45, 7) is 1.60. The van der Waals surface area contributed by atoms with Crippen molar-refractivity contribution in [2.45, 2.75) is 6.92 Å². The molecule has 1 heterocycles. The number of carboxylic acid groups (broad SMARTS) is 1. The van der Waals surface area contributed by atoms with Gasteiger partial charge in [0.1, 0.15) is 0 Å². The van der Waals surface area contributed by atoms with Crippen LogP contribution in [0, 0.1) is 6.92 Å². The highest BCUT2D eigenvalue weighted by Crippen LogP contribution is 2.09. The zero-order valence-electron chi connectivity index (χ0n) is 9.38. The molecule has 0 spiro atoms. The van der Waals surface area contributed by atoms with Gasteiger partial charge in [-0.25, -0.2) is 4.79 Å². The predicted octanol–water partition coefficient (Wildman–Crippen LogP) is 1.33. The molecule has 1 aromatic heterocycles. The number of benzene rings is 1. The van der Waals surface area contributed by atoms with Crippen molar-refractivity contribution in [2.24, 2.45) is 0 Å². The maximum Gasteiger partial charge on any atom is 0.335 e. The van der Waals surface area contributed by atoms with E-state index < -0.39 is 11.9 Å². The van der Waals surface area contributed by atoms with Crippen molar-refractivity contribution in [2.75, 3.05) is 5.32 Å². The van der Waals surface area contributed by atoms with Crippen LogP contribution in [0.5, 0.6) is 0 Å². The van der Waals surface area contributed by atoms with E-state index in [4.69, 9.17) is 9.52 Å². The lowest BCUT2D eigenvalue weighted by Gasteiger charge is -2.00. The molecule has 0 radical (unpaired) electrons. The van der Waals surface area contributed by atoms with E-state index in [1.165, 1.54) is 24.3 Å². The minimum absolute atomic E-state index is 0.000175. The molecule has 2 aromatic rings. The molecule has 7 heteroatoms. The van der Waals surface area contributed by atoms with E-state index in [1.54, 1.807) is 6.92 Å². The number of carbonyl (C=O) groups excluding carboxylic acids is 1. The fourth-order valence-corrected chi connectivity index (χ4v) is 1.28. The minimum Gasteiger partial charge on any atom is -0.478 e. The number of aryl methyl sites for hydroxylation is 1. The van der Waals surface area contributed by atoms with Gasteiger partial charge >= 0.3 is 12.0 Å². The summed E-state index contributed by atoms with van der Waals surface area (Å²) in [5.41, 5.74) is 0.413. The molecule has 0 aliphatic heterocycles. The first-order valence-corrected chi connectivity index (χ1v) is 5.01. The number of anilines is 1. The van der Waals surface area contributed by atoms with Gasteiger partial charge in [0.15, 0.2) is 0 Å². The predicted molar refractivity (Wildman–Crippen MR) is 60.4 cm³/mol. The number of carbonyl (C=O) groups is 2. The molecule has 0 atom stereocenters. The van der Waals surface area contributed by atoms with Gasteiger partial charge in [0.2, 0.25) is 5.89 Å². The van der Waals surface area contributed by atoms with Crippen molar-refractivity contribution in [3.8, 4) is 0 Å². The van der Waals surface area contributed by atoms with Crippen LogP contribution in [0.2, 0.25) is 0 Å². The number of hydrogen-bond acceptors (Lipinski definition) is 5. The Morgan fingerprint density at radius 3 is 2.28 bits per heavy atom. The van der Waals surface area contributed by atoms with Crippen molar-refractivity contribution in [1.29, 1.82) is 0 Å². The first kappa shape index (κ1) is 11.8. The molecule has 1 amide bonds. The molecule has 0 bridgehead atoms. The molecule has 0 fully saturated rings. The van der Waals surface area contributed by atoms with Gasteiger partial charge < -0.3 is 9.52 Å². The van der Waals surface area contributed by atoms with E-state index >= 15 is 0 Å². The molecule has 18 heavy (non-hydrogen) atoms. The number of amides is 1. The summed E-state index contributed by atoms with van der Waals surface area (Å²) in [5, 5.41) is 18.3. The topological polar surface area (TPSA) is 105 Å². The van der Waals surface area contributed by atoms with Crippen LogP contribution in [-0.4, -0.2) is 27.2 Å². The van der Waals surface area contributed by atoms with Crippen LogP contribution in [0.25, 0.3) is 0 Å². The van der Waals surface area contributed by atoms with Crippen molar-refractivity contribution in [3.05, 3.63) is 41.3 Å². The van der Waals surface area contributed by atoms with Crippen LogP contribution in [0.1, 0.15) is 26.6 Å². The quantitative estimate of drug-likeness (QED) is 0.847. The Bertz CT molecular complexity index is 589.